The van der Waals surface area contributed by atoms with Crippen molar-refractivity contribution in [3.8, 4) is 0 Å². The minimum atomic E-state index is -0.521. The zero-order valence-corrected chi connectivity index (χ0v) is 17.2. The fraction of sp³-hybridized carbons (Fsp3) is 0.348. The normalized spacial score (nSPS) is 10.5. The average molecular weight is 396 g/mol. The SMILES string of the molecule is Cc1ccccc1C(=O)NCCC(=O)OCC(=O)N(Cc1ccccc1)C(C)C. The molecule has 0 aliphatic rings. The summed E-state index contributed by atoms with van der Waals surface area (Å²) in [5.41, 5.74) is 2.45. The Morgan fingerprint density at radius 3 is 2.31 bits per heavy atom. The van der Waals surface area contributed by atoms with Gasteiger partial charge in [-0.25, -0.2) is 0 Å². The van der Waals surface area contributed by atoms with Crippen molar-refractivity contribution in [2.75, 3.05) is 13.2 Å². The lowest BCUT2D eigenvalue weighted by molar-refractivity contribution is -0.153. The Hall–Kier alpha value is -3.15. The van der Waals surface area contributed by atoms with E-state index in [2.05, 4.69) is 5.32 Å². The summed E-state index contributed by atoms with van der Waals surface area (Å²) >= 11 is 0. The van der Waals surface area contributed by atoms with E-state index in [0.29, 0.717) is 12.1 Å². The van der Waals surface area contributed by atoms with Crippen LogP contribution in [-0.2, 0) is 20.9 Å². The van der Waals surface area contributed by atoms with Gasteiger partial charge < -0.3 is 15.0 Å². The zero-order chi connectivity index (χ0) is 21.2. The maximum Gasteiger partial charge on any atom is 0.308 e. The van der Waals surface area contributed by atoms with E-state index >= 15 is 0 Å². The second-order valence-electron chi connectivity index (χ2n) is 7.08. The number of rotatable bonds is 9. The van der Waals surface area contributed by atoms with Crippen molar-refractivity contribution in [1.82, 2.24) is 10.2 Å². The number of hydrogen-bond acceptors (Lipinski definition) is 4. The molecule has 0 radical (unpaired) electrons. The molecule has 0 unspecified atom stereocenters. The fourth-order valence-corrected chi connectivity index (χ4v) is 2.84. The first kappa shape index (κ1) is 22.1. The molecule has 0 spiro atoms. The number of amides is 2. The third-order valence-electron chi connectivity index (χ3n) is 4.50. The van der Waals surface area contributed by atoms with Gasteiger partial charge in [0.1, 0.15) is 0 Å². The van der Waals surface area contributed by atoms with Crippen molar-refractivity contribution < 1.29 is 19.1 Å². The van der Waals surface area contributed by atoms with E-state index in [1.807, 2.05) is 63.2 Å². The van der Waals surface area contributed by atoms with Crippen LogP contribution in [0.15, 0.2) is 54.6 Å². The zero-order valence-electron chi connectivity index (χ0n) is 17.2. The number of carbonyl (C=O) groups is 3. The van der Waals surface area contributed by atoms with Crippen LogP contribution in [0, 0.1) is 6.92 Å². The van der Waals surface area contributed by atoms with Gasteiger partial charge in [0.25, 0.3) is 11.8 Å². The van der Waals surface area contributed by atoms with Crippen LogP contribution in [0.3, 0.4) is 0 Å². The monoisotopic (exact) mass is 396 g/mol. The number of aryl methyl sites for hydroxylation is 1. The highest BCUT2D eigenvalue weighted by Gasteiger charge is 2.19. The van der Waals surface area contributed by atoms with Crippen LogP contribution >= 0.6 is 0 Å². The van der Waals surface area contributed by atoms with Crippen LogP contribution < -0.4 is 5.32 Å². The number of hydrogen-bond donors (Lipinski definition) is 1. The summed E-state index contributed by atoms with van der Waals surface area (Å²) in [5, 5.41) is 2.70. The van der Waals surface area contributed by atoms with Gasteiger partial charge in [-0.1, -0.05) is 48.5 Å². The molecule has 0 aromatic heterocycles. The van der Waals surface area contributed by atoms with Crippen LogP contribution in [0.2, 0.25) is 0 Å². The van der Waals surface area contributed by atoms with Gasteiger partial charge in [0, 0.05) is 24.7 Å². The lowest BCUT2D eigenvalue weighted by Crippen LogP contribution is -2.39. The summed E-state index contributed by atoms with van der Waals surface area (Å²) < 4.78 is 5.10. The van der Waals surface area contributed by atoms with Crippen LogP contribution in [0.25, 0.3) is 0 Å². The van der Waals surface area contributed by atoms with Crippen molar-refractivity contribution in [3.63, 3.8) is 0 Å². The summed E-state index contributed by atoms with van der Waals surface area (Å²) in [6, 6.07) is 16.9. The molecule has 6 heteroatoms. The molecule has 0 fully saturated rings. The fourth-order valence-electron chi connectivity index (χ4n) is 2.84. The second kappa shape index (κ2) is 11.0. The van der Waals surface area contributed by atoms with E-state index in [-0.39, 0.29) is 37.4 Å². The van der Waals surface area contributed by atoms with Crippen molar-refractivity contribution in [2.24, 2.45) is 0 Å². The molecule has 2 aromatic rings. The number of esters is 1. The lowest BCUT2D eigenvalue weighted by Gasteiger charge is -2.26. The first-order valence-corrected chi connectivity index (χ1v) is 9.71. The molecule has 2 rings (SSSR count). The highest BCUT2D eigenvalue weighted by Crippen LogP contribution is 2.09. The first-order valence-electron chi connectivity index (χ1n) is 9.71. The van der Waals surface area contributed by atoms with Crippen LogP contribution in [0.4, 0.5) is 0 Å². The van der Waals surface area contributed by atoms with Gasteiger partial charge in [0.2, 0.25) is 0 Å². The van der Waals surface area contributed by atoms with Crippen molar-refractivity contribution >= 4 is 17.8 Å². The van der Waals surface area contributed by atoms with Gasteiger partial charge >= 0.3 is 5.97 Å². The van der Waals surface area contributed by atoms with Gasteiger partial charge in [0.05, 0.1) is 6.42 Å². The topological polar surface area (TPSA) is 75.7 Å². The molecule has 154 valence electrons. The van der Waals surface area contributed by atoms with Crippen molar-refractivity contribution in [3.05, 3.63) is 71.3 Å². The summed E-state index contributed by atoms with van der Waals surface area (Å²) in [7, 11) is 0. The Bertz CT molecular complexity index is 834. The van der Waals surface area contributed by atoms with E-state index in [1.165, 1.54) is 0 Å². The maximum absolute atomic E-state index is 12.5. The molecular weight excluding hydrogens is 368 g/mol. The highest BCUT2D eigenvalue weighted by molar-refractivity contribution is 5.95. The lowest BCUT2D eigenvalue weighted by atomic mass is 10.1. The molecule has 1 N–H and O–H groups in total. The summed E-state index contributed by atoms with van der Waals surface area (Å²) in [6.07, 6.45) is 0.00522. The van der Waals surface area contributed by atoms with E-state index in [0.717, 1.165) is 11.1 Å². The summed E-state index contributed by atoms with van der Waals surface area (Å²) in [5.74, 6) is -1.01. The molecule has 2 aromatic carbocycles. The summed E-state index contributed by atoms with van der Waals surface area (Å²) in [4.78, 5) is 38.2. The molecule has 0 aliphatic carbocycles. The minimum Gasteiger partial charge on any atom is -0.456 e. The third kappa shape index (κ3) is 7.07. The Morgan fingerprint density at radius 1 is 1.00 bits per heavy atom. The average Bonchev–Trinajstić information content (AvgIpc) is 2.71. The second-order valence-corrected chi connectivity index (χ2v) is 7.08. The predicted octanol–water partition coefficient (Wildman–Crippen LogP) is 3.10. The molecule has 29 heavy (non-hydrogen) atoms. The molecule has 0 aliphatic heterocycles. The van der Waals surface area contributed by atoms with Crippen LogP contribution in [0.1, 0.15) is 41.8 Å². The number of benzene rings is 2. The minimum absolute atomic E-state index is 0.00522. The molecular formula is C23H28N2O4. The molecule has 6 nitrogen and oxygen atoms in total. The molecule has 2 amide bonds. The van der Waals surface area contributed by atoms with Crippen molar-refractivity contribution in [2.45, 2.75) is 39.8 Å². The molecule has 0 heterocycles. The number of nitrogens with one attached hydrogen (secondary N) is 1. The Kier molecular flexibility index (Phi) is 8.40. The largest absolute Gasteiger partial charge is 0.456 e. The molecule has 0 atom stereocenters. The predicted molar refractivity (Wildman–Crippen MR) is 111 cm³/mol. The van der Waals surface area contributed by atoms with Gasteiger partial charge in [-0.15, -0.1) is 0 Å². The van der Waals surface area contributed by atoms with Crippen LogP contribution in [0.5, 0.6) is 0 Å². The van der Waals surface area contributed by atoms with Gasteiger partial charge in [-0.05, 0) is 38.0 Å². The van der Waals surface area contributed by atoms with Crippen molar-refractivity contribution in [1.29, 1.82) is 0 Å². The van der Waals surface area contributed by atoms with E-state index in [9.17, 15) is 14.4 Å². The summed E-state index contributed by atoms with van der Waals surface area (Å²) in [6.45, 7) is 5.99. The van der Waals surface area contributed by atoms with E-state index in [4.69, 9.17) is 4.74 Å². The molecule has 0 saturated heterocycles. The number of carbonyl (C=O) groups excluding carboxylic acids is 3. The van der Waals surface area contributed by atoms with E-state index in [1.54, 1.807) is 17.0 Å². The Morgan fingerprint density at radius 2 is 1.66 bits per heavy atom. The smallest absolute Gasteiger partial charge is 0.308 e. The number of ether oxygens (including phenoxy) is 1. The van der Waals surface area contributed by atoms with Gasteiger partial charge in [0.15, 0.2) is 6.61 Å². The standard InChI is InChI=1S/C23H28N2O4/c1-17(2)25(15-19-10-5-4-6-11-19)21(26)16-29-22(27)13-14-24-23(28)20-12-8-7-9-18(20)3/h4-12,17H,13-16H2,1-3H3,(H,24,28). The van der Waals surface area contributed by atoms with Gasteiger partial charge in [-0.3, -0.25) is 14.4 Å². The maximum atomic E-state index is 12.5. The van der Waals surface area contributed by atoms with E-state index < -0.39 is 5.97 Å². The van der Waals surface area contributed by atoms with Crippen LogP contribution in [-0.4, -0.2) is 41.9 Å². The Balaban J connectivity index is 1.76. The highest BCUT2D eigenvalue weighted by atomic mass is 16.5. The molecule has 0 bridgehead atoms. The third-order valence-corrected chi connectivity index (χ3v) is 4.50. The quantitative estimate of drug-likeness (QED) is 0.661. The van der Waals surface area contributed by atoms with Gasteiger partial charge in [-0.2, -0.15) is 0 Å². The Labute approximate surface area is 171 Å². The first-order chi connectivity index (χ1) is 13.9. The number of nitrogens with zero attached hydrogens (tertiary/aromatic N) is 1. The molecule has 0 saturated carbocycles.